The van der Waals surface area contributed by atoms with Crippen molar-refractivity contribution in [2.24, 2.45) is 0 Å². The fourth-order valence-corrected chi connectivity index (χ4v) is 1.38. The lowest BCUT2D eigenvalue weighted by molar-refractivity contribution is -0.133. The lowest BCUT2D eigenvalue weighted by Gasteiger charge is -2.38. The van der Waals surface area contributed by atoms with E-state index in [9.17, 15) is 9.59 Å². The fraction of sp³-hybridized carbons (Fsp3) is 0.600. The van der Waals surface area contributed by atoms with E-state index in [2.05, 4.69) is 5.32 Å². The van der Waals surface area contributed by atoms with Crippen LogP contribution in [0.1, 0.15) is 20.8 Å². The Labute approximate surface area is 84.0 Å². The molecule has 1 aliphatic rings. The van der Waals surface area contributed by atoms with Crippen LogP contribution in [-0.4, -0.2) is 35.8 Å². The second kappa shape index (κ2) is 4.26. The summed E-state index contributed by atoms with van der Waals surface area (Å²) >= 11 is 0. The first-order chi connectivity index (χ1) is 6.49. The van der Waals surface area contributed by atoms with Crippen molar-refractivity contribution in [1.29, 1.82) is 0 Å². The summed E-state index contributed by atoms with van der Waals surface area (Å²) in [6.07, 6.45) is 1.62. The molecule has 1 rings (SSSR count). The molecule has 0 aliphatic carbocycles. The molecule has 2 amide bonds. The van der Waals surface area contributed by atoms with E-state index in [1.807, 2.05) is 13.8 Å². The average Bonchev–Trinajstić information content (AvgIpc) is 1.93. The van der Waals surface area contributed by atoms with Crippen LogP contribution in [0, 0.1) is 0 Å². The minimum absolute atomic E-state index is 0.0339. The molecule has 4 nitrogen and oxygen atoms in total. The van der Waals surface area contributed by atoms with Gasteiger partial charge in [-0.05, 0) is 13.8 Å². The van der Waals surface area contributed by atoms with Crippen LogP contribution in [0.25, 0.3) is 0 Å². The van der Waals surface area contributed by atoms with Gasteiger partial charge in [-0.2, -0.15) is 0 Å². The van der Waals surface area contributed by atoms with Gasteiger partial charge >= 0.3 is 0 Å². The molecule has 0 bridgehead atoms. The van der Waals surface area contributed by atoms with Crippen molar-refractivity contribution in [3.63, 3.8) is 0 Å². The van der Waals surface area contributed by atoms with Gasteiger partial charge in [0.25, 0.3) is 0 Å². The first-order valence-corrected chi connectivity index (χ1v) is 4.70. The molecule has 0 aromatic heterocycles. The predicted octanol–water partition coefficient (Wildman–Crippen LogP) is 0.299. The average molecular weight is 196 g/mol. The lowest BCUT2D eigenvalue weighted by atomic mass is 10.1. The normalized spacial score (nSPS) is 15.8. The van der Waals surface area contributed by atoms with E-state index < -0.39 is 0 Å². The molecule has 0 aromatic carbocycles. The third-order valence-corrected chi connectivity index (χ3v) is 2.01. The molecule has 1 fully saturated rings. The van der Waals surface area contributed by atoms with Crippen molar-refractivity contribution in [3.05, 3.63) is 11.6 Å². The number of nitrogens with one attached hydrogen (secondary N) is 1. The molecule has 0 radical (unpaired) electrons. The highest BCUT2D eigenvalue weighted by atomic mass is 16.2. The van der Waals surface area contributed by atoms with Crippen LogP contribution in [0.3, 0.4) is 0 Å². The minimum atomic E-state index is -0.0377. The quantitative estimate of drug-likeness (QED) is 0.646. The molecule has 1 heterocycles. The number of hydrogen-bond acceptors (Lipinski definition) is 2. The highest BCUT2D eigenvalue weighted by Gasteiger charge is 2.29. The summed E-state index contributed by atoms with van der Waals surface area (Å²) in [6.45, 7) is 6.52. The molecular formula is C10H16N2O2. The summed E-state index contributed by atoms with van der Waals surface area (Å²) in [5, 5.41) is 2.76. The van der Waals surface area contributed by atoms with Crippen LogP contribution in [0.15, 0.2) is 11.6 Å². The third-order valence-electron chi connectivity index (χ3n) is 2.01. The SMILES string of the molecule is CC(=O)NC1CN(C(=O)C=C(C)C)C1. The molecule has 0 spiro atoms. The molecular weight excluding hydrogens is 180 g/mol. The number of carbonyl (C=O) groups is 2. The maximum Gasteiger partial charge on any atom is 0.246 e. The summed E-state index contributed by atoms with van der Waals surface area (Å²) < 4.78 is 0. The monoisotopic (exact) mass is 196 g/mol. The maximum atomic E-state index is 11.4. The highest BCUT2D eigenvalue weighted by molar-refractivity contribution is 5.89. The van der Waals surface area contributed by atoms with Crippen molar-refractivity contribution < 1.29 is 9.59 Å². The Morgan fingerprint density at radius 2 is 1.86 bits per heavy atom. The highest BCUT2D eigenvalue weighted by Crippen LogP contribution is 2.09. The standard InChI is InChI=1S/C10H16N2O2/c1-7(2)4-10(14)12-5-9(6-12)11-8(3)13/h4,9H,5-6H2,1-3H3,(H,11,13). The van der Waals surface area contributed by atoms with Gasteiger partial charge in [0.1, 0.15) is 0 Å². The number of amides is 2. The van der Waals surface area contributed by atoms with Crippen LogP contribution in [0.5, 0.6) is 0 Å². The number of hydrogen-bond donors (Lipinski definition) is 1. The Hall–Kier alpha value is -1.32. The summed E-state index contributed by atoms with van der Waals surface area (Å²) in [6, 6.07) is 0.141. The smallest absolute Gasteiger partial charge is 0.246 e. The molecule has 0 saturated carbocycles. The molecule has 78 valence electrons. The Balaban J connectivity index is 2.31. The van der Waals surface area contributed by atoms with Gasteiger partial charge in [0.2, 0.25) is 11.8 Å². The minimum Gasteiger partial charge on any atom is -0.350 e. The van der Waals surface area contributed by atoms with Gasteiger partial charge in [0.15, 0.2) is 0 Å². The Bertz CT molecular complexity index is 274. The molecule has 4 heteroatoms. The zero-order chi connectivity index (χ0) is 10.7. The molecule has 1 aliphatic heterocycles. The van der Waals surface area contributed by atoms with Crippen LogP contribution < -0.4 is 5.32 Å². The van der Waals surface area contributed by atoms with Crippen molar-refractivity contribution in [3.8, 4) is 0 Å². The van der Waals surface area contributed by atoms with E-state index in [4.69, 9.17) is 0 Å². The van der Waals surface area contributed by atoms with E-state index in [1.54, 1.807) is 11.0 Å². The van der Waals surface area contributed by atoms with Crippen molar-refractivity contribution in [2.75, 3.05) is 13.1 Å². The first-order valence-electron chi connectivity index (χ1n) is 4.70. The molecule has 14 heavy (non-hydrogen) atoms. The molecule has 0 unspecified atom stereocenters. The second-order valence-electron chi connectivity index (χ2n) is 3.86. The Morgan fingerprint density at radius 1 is 1.29 bits per heavy atom. The fourth-order valence-electron chi connectivity index (χ4n) is 1.38. The molecule has 1 N–H and O–H groups in total. The number of rotatable bonds is 2. The van der Waals surface area contributed by atoms with E-state index in [-0.39, 0.29) is 17.9 Å². The predicted molar refractivity (Wildman–Crippen MR) is 53.6 cm³/mol. The number of carbonyl (C=O) groups excluding carboxylic acids is 2. The molecule has 0 aromatic rings. The second-order valence-corrected chi connectivity index (χ2v) is 3.86. The summed E-state index contributed by atoms with van der Waals surface area (Å²) in [5.41, 5.74) is 0.998. The van der Waals surface area contributed by atoms with Crippen LogP contribution in [0.2, 0.25) is 0 Å². The van der Waals surface area contributed by atoms with E-state index in [0.717, 1.165) is 5.57 Å². The van der Waals surface area contributed by atoms with Crippen molar-refractivity contribution >= 4 is 11.8 Å². The number of likely N-dealkylation sites (tertiary alicyclic amines) is 1. The van der Waals surface area contributed by atoms with E-state index in [1.165, 1.54) is 6.92 Å². The van der Waals surface area contributed by atoms with E-state index >= 15 is 0 Å². The molecule has 0 atom stereocenters. The Morgan fingerprint density at radius 3 is 2.29 bits per heavy atom. The van der Waals surface area contributed by atoms with E-state index in [0.29, 0.717) is 13.1 Å². The third kappa shape index (κ3) is 2.87. The van der Waals surface area contributed by atoms with Crippen LogP contribution in [-0.2, 0) is 9.59 Å². The van der Waals surface area contributed by atoms with Gasteiger partial charge < -0.3 is 10.2 Å². The van der Waals surface area contributed by atoms with Crippen molar-refractivity contribution in [2.45, 2.75) is 26.8 Å². The van der Waals surface area contributed by atoms with Crippen molar-refractivity contribution in [1.82, 2.24) is 10.2 Å². The molecule has 1 saturated heterocycles. The van der Waals surface area contributed by atoms with Gasteiger partial charge in [0, 0.05) is 26.1 Å². The topological polar surface area (TPSA) is 49.4 Å². The van der Waals surface area contributed by atoms with Gasteiger partial charge in [0.05, 0.1) is 6.04 Å². The largest absolute Gasteiger partial charge is 0.350 e. The van der Waals surface area contributed by atoms with Gasteiger partial charge in [-0.25, -0.2) is 0 Å². The first kappa shape index (κ1) is 10.8. The Kier molecular flexibility index (Phi) is 3.28. The maximum absolute atomic E-state index is 11.4. The van der Waals surface area contributed by atoms with Crippen LogP contribution >= 0.6 is 0 Å². The number of allylic oxidation sites excluding steroid dienone is 1. The lowest BCUT2D eigenvalue weighted by Crippen LogP contribution is -2.60. The van der Waals surface area contributed by atoms with Crippen LogP contribution in [0.4, 0.5) is 0 Å². The zero-order valence-corrected chi connectivity index (χ0v) is 8.83. The van der Waals surface area contributed by atoms with Gasteiger partial charge in [-0.1, -0.05) is 5.57 Å². The summed E-state index contributed by atoms with van der Waals surface area (Å²) in [4.78, 5) is 23.8. The van der Waals surface area contributed by atoms with Gasteiger partial charge in [-0.15, -0.1) is 0 Å². The zero-order valence-electron chi connectivity index (χ0n) is 8.83. The van der Waals surface area contributed by atoms with Gasteiger partial charge in [-0.3, -0.25) is 9.59 Å². The summed E-state index contributed by atoms with van der Waals surface area (Å²) in [5.74, 6) is -0.00378. The summed E-state index contributed by atoms with van der Waals surface area (Å²) in [7, 11) is 0. The number of nitrogens with zero attached hydrogens (tertiary/aromatic N) is 1.